The van der Waals surface area contributed by atoms with Gasteiger partial charge in [-0.2, -0.15) is 0 Å². The zero-order valence-corrected chi connectivity index (χ0v) is 18.3. The molecule has 2 saturated heterocycles. The van der Waals surface area contributed by atoms with Gasteiger partial charge in [0.15, 0.2) is 0 Å². The Morgan fingerprint density at radius 3 is 2.67 bits per heavy atom. The minimum atomic E-state index is -0.716. The number of carbonyl (C=O) groups excluding carboxylic acids is 2. The van der Waals surface area contributed by atoms with Gasteiger partial charge in [-0.3, -0.25) is 9.59 Å². The third-order valence-electron chi connectivity index (χ3n) is 5.78. The van der Waals surface area contributed by atoms with E-state index in [2.05, 4.69) is 20.9 Å². The lowest BCUT2D eigenvalue weighted by atomic mass is 9.85. The normalized spacial score (nSPS) is 24.1. The summed E-state index contributed by atoms with van der Waals surface area (Å²) in [6, 6.07) is -0.928. The van der Waals surface area contributed by atoms with Crippen molar-refractivity contribution in [1.29, 1.82) is 0 Å². The van der Waals surface area contributed by atoms with E-state index >= 15 is 0 Å². The molecular formula is C20H34N6O4. The van der Waals surface area contributed by atoms with E-state index in [0.29, 0.717) is 12.6 Å². The van der Waals surface area contributed by atoms with Crippen molar-refractivity contribution in [2.75, 3.05) is 26.8 Å². The standard InChI is InChI=1S/C20H34N6O4/c1-20(2,3)17(19(29)25-12-15(27)9-16(25)18(28)21-4)26-11-14(23-24-26)10-22-13-5-7-30-8-6-13/h11,13,15-17,22,27H,5-10,12H2,1-4H3,(H,21,28)/t15?,16?,17-/m1/s1. The van der Waals surface area contributed by atoms with Crippen molar-refractivity contribution >= 4 is 11.8 Å². The number of ether oxygens (including phenoxy) is 1. The molecule has 1 aromatic rings. The van der Waals surface area contributed by atoms with Crippen LogP contribution < -0.4 is 10.6 Å². The van der Waals surface area contributed by atoms with Crippen molar-refractivity contribution in [3.63, 3.8) is 0 Å². The molecule has 0 aliphatic carbocycles. The zero-order valence-electron chi connectivity index (χ0n) is 18.3. The topological polar surface area (TPSA) is 122 Å². The number of amides is 2. The molecule has 2 aliphatic heterocycles. The van der Waals surface area contributed by atoms with E-state index in [-0.39, 0.29) is 24.8 Å². The van der Waals surface area contributed by atoms with E-state index in [4.69, 9.17) is 4.74 Å². The maximum absolute atomic E-state index is 13.5. The largest absolute Gasteiger partial charge is 0.391 e. The summed E-state index contributed by atoms with van der Waals surface area (Å²) in [6.07, 6.45) is 3.25. The lowest BCUT2D eigenvalue weighted by Crippen LogP contribution is -2.49. The van der Waals surface area contributed by atoms with E-state index in [1.165, 1.54) is 11.9 Å². The molecule has 3 rings (SSSR count). The molecule has 30 heavy (non-hydrogen) atoms. The number of aliphatic hydroxyl groups excluding tert-OH is 1. The second-order valence-electron chi connectivity index (χ2n) is 9.24. The molecule has 168 valence electrons. The Bertz CT molecular complexity index is 740. The summed E-state index contributed by atoms with van der Waals surface area (Å²) in [5.74, 6) is -0.506. The van der Waals surface area contributed by atoms with E-state index in [1.807, 2.05) is 20.8 Å². The molecule has 0 saturated carbocycles. The van der Waals surface area contributed by atoms with Gasteiger partial charge in [0.2, 0.25) is 11.8 Å². The van der Waals surface area contributed by atoms with E-state index in [0.717, 1.165) is 31.7 Å². The molecule has 1 aromatic heterocycles. The summed E-state index contributed by atoms with van der Waals surface area (Å²) >= 11 is 0. The van der Waals surface area contributed by atoms with Gasteiger partial charge in [-0.05, 0) is 18.3 Å². The number of nitrogens with one attached hydrogen (secondary N) is 2. The van der Waals surface area contributed by atoms with Crippen molar-refractivity contribution < 1.29 is 19.4 Å². The number of rotatable bonds is 6. The van der Waals surface area contributed by atoms with Crippen LogP contribution in [0.15, 0.2) is 6.20 Å². The first kappa shape index (κ1) is 22.6. The predicted octanol–water partition coefficient (Wildman–Crippen LogP) is -0.158. The number of aliphatic hydroxyl groups is 1. The van der Waals surface area contributed by atoms with Crippen LogP contribution in [-0.2, 0) is 20.9 Å². The lowest BCUT2D eigenvalue weighted by molar-refractivity contribution is -0.144. The number of likely N-dealkylation sites (tertiary alicyclic amines) is 1. The van der Waals surface area contributed by atoms with Crippen molar-refractivity contribution in [1.82, 2.24) is 30.5 Å². The second-order valence-corrected chi connectivity index (χ2v) is 9.24. The Hall–Kier alpha value is -2.04. The molecule has 3 N–H and O–H groups in total. The van der Waals surface area contributed by atoms with Crippen LogP contribution in [0.4, 0.5) is 0 Å². The molecule has 2 unspecified atom stereocenters. The molecule has 2 amide bonds. The van der Waals surface area contributed by atoms with Gasteiger partial charge in [0.05, 0.1) is 18.0 Å². The average Bonchev–Trinajstić information content (AvgIpc) is 3.32. The maximum atomic E-state index is 13.5. The first-order valence-electron chi connectivity index (χ1n) is 10.6. The molecule has 0 aromatic carbocycles. The van der Waals surface area contributed by atoms with Crippen LogP contribution in [0.5, 0.6) is 0 Å². The van der Waals surface area contributed by atoms with E-state index in [1.54, 1.807) is 10.9 Å². The summed E-state index contributed by atoms with van der Waals surface area (Å²) in [5.41, 5.74) is 0.296. The van der Waals surface area contributed by atoms with Crippen molar-refractivity contribution in [3.05, 3.63) is 11.9 Å². The first-order valence-corrected chi connectivity index (χ1v) is 10.6. The van der Waals surface area contributed by atoms with Gasteiger partial charge in [0.1, 0.15) is 12.1 Å². The van der Waals surface area contributed by atoms with Crippen LogP contribution in [0, 0.1) is 5.41 Å². The molecule has 2 fully saturated rings. The minimum absolute atomic E-state index is 0.135. The maximum Gasteiger partial charge on any atom is 0.248 e. The third kappa shape index (κ3) is 5.16. The SMILES string of the molecule is CNC(=O)C1CC(O)CN1C(=O)[C@@H](n1cc(CNC2CCOCC2)nn1)C(C)(C)C. The lowest BCUT2D eigenvalue weighted by Gasteiger charge is -2.34. The highest BCUT2D eigenvalue weighted by molar-refractivity contribution is 5.90. The van der Waals surface area contributed by atoms with Gasteiger partial charge in [0.25, 0.3) is 0 Å². The van der Waals surface area contributed by atoms with Gasteiger partial charge in [-0.25, -0.2) is 4.68 Å². The zero-order chi connectivity index (χ0) is 21.9. The minimum Gasteiger partial charge on any atom is -0.391 e. The van der Waals surface area contributed by atoms with Crippen LogP contribution in [0.2, 0.25) is 0 Å². The number of nitrogens with zero attached hydrogens (tertiary/aromatic N) is 4. The molecule has 2 aliphatic rings. The van der Waals surface area contributed by atoms with Crippen LogP contribution in [0.25, 0.3) is 0 Å². The second kappa shape index (κ2) is 9.40. The highest BCUT2D eigenvalue weighted by atomic mass is 16.5. The summed E-state index contributed by atoms with van der Waals surface area (Å²) < 4.78 is 6.97. The fourth-order valence-corrected chi connectivity index (χ4v) is 4.18. The number of hydrogen-bond acceptors (Lipinski definition) is 7. The summed E-state index contributed by atoms with van der Waals surface area (Å²) in [5, 5.41) is 24.6. The number of hydrogen-bond donors (Lipinski definition) is 3. The van der Waals surface area contributed by atoms with Crippen molar-refractivity contribution in [2.45, 2.75) is 70.8 Å². The highest BCUT2D eigenvalue weighted by Crippen LogP contribution is 2.34. The smallest absolute Gasteiger partial charge is 0.248 e. The van der Waals surface area contributed by atoms with Crippen molar-refractivity contribution in [3.8, 4) is 0 Å². The Labute approximate surface area is 177 Å². The quantitative estimate of drug-likeness (QED) is 0.582. The molecule has 0 bridgehead atoms. The first-order chi connectivity index (χ1) is 14.2. The summed E-state index contributed by atoms with van der Waals surface area (Å²) in [4.78, 5) is 27.2. The average molecular weight is 423 g/mol. The summed E-state index contributed by atoms with van der Waals surface area (Å²) in [6.45, 7) is 8.10. The fourth-order valence-electron chi connectivity index (χ4n) is 4.18. The van der Waals surface area contributed by atoms with Crippen LogP contribution in [0.1, 0.15) is 51.8 Å². The Morgan fingerprint density at radius 1 is 1.33 bits per heavy atom. The number of aromatic nitrogens is 3. The van der Waals surface area contributed by atoms with Crippen LogP contribution in [-0.4, -0.2) is 81.8 Å². The monoisotopic (exact) mass is 422 g/mol. The molecule has 0 radical (unpaired) electrons. The number of carbonyl (C=O) groups is 2. The number of β-amino-alcohol motifs (C(OH)–C–C–N with tert-alkyl or cyclic N) is 1. The molecule has 3 heterocycles. The van der Waals surface area contributed by atoms with Gasteiger partial charge >= 0.3 is 0 Å². The Balaban J connectivity index is 1.75. The predicted molar refractivity (Wildman–Crippen MR) is 109 cm³/mol. The molecule has 10 nitrogen and oxygen atoms in total. The van der Waals surface area contributed by atoms with E-state index < -0.39 is 23.6 Å². The van der Waals surface area contributed by atoms with Crippen LogP contribution in [0.3, 0.4) is 0 Å². The third-order valence-corrected chi connectivity index (χ3v) is 5.78. The van der Waals surface area contributed by atoms with E-state index in [9.17, 15) is 14.7 Å². The number of likely N-dealkylation sites (N-methyl/N-ethyl adjacent to an activating group) is 1. The Kier molecular flexibility index (Phi) is 7.10. The van der Waals surface area contributed by atoms with Gasteiger partial charge in [-0.1, -0.05) is 26.0 Å². The highest BCUT2D eigenvalue weighted by Gasteiger charge is 2.45. The van der Waals surface area contributed by atoms with Gasteiger partial charge in [-0.15, -0.1) is 5.10 Å². The van der Waals surface area contributed by atoms with Crippen LogP contribution >= 0.6 is 0 Å². The Morgan fingerprint density at radius 2 is 2.03 bits per heavy atom. The molecule has 3 atom stereocenters. The van der Waals surface area contributed by atoms with Gasteiger partial charge in [0, 0.05) is 45.8 Å². The fraction of sp³-hybridized carbons (Fsp3) is 0.800. The van der Waals surface area contributed by atoms with Gasteiger partial charge < -0.3 is 25.4 Å². The molecule has 0 spiro atoms. The summed E-state index contributed by atoms with van der Waals surface area (Å²) in [7, 11) is 1.53. The van der Waals surface area contributed by atoms with Crippen molar-refractivity contribution in [2.24, 2.45) is 5.41 Å². The molecular weight excluding hydrogens is 388 g/mol. The molecule has 10 heteroatoms.